The Morgan fingerprint density at radius 2 is 2.17 bits per heavy atom. The highest BCUT2D eigenvalue weighted by molar-refractivity contribution is 5.71. The van der Waals surface area contributed by atoms with Crippen LogP contribution < -0.4 is 0 Å². The van der Waals surface area contributed by atoms with Gasteiger partial charge >= 0.3 is 5.97 Å². The predicted molar refractivity (Wildman–Crippen MR) is 45.6 cm³/mol. The maximum absolute atomic E-state index is 10.8. The van der Waals surface area contributed by atoms with E-state index in [0.29, 0.717) is 17.8 Å². The molecule has 2 aliphatic rings. The Kier molecular flexibility index (Phi) is 1.71. The molecule has 2 nitrogen and oxygen atoms in total. The van der Waals surface area contributed by atoms with E-state index >= 15 is 0 Å². The third kappa shape index (κ3) is 0.977. The van der Waals surface area contributed by atoms with Crippen molar-refractivity contribution in [3.05, 3.63) is 12.7 Å². The summed E-state index contributed by atoms with van der Waals surface area (Å²) in [6, 6.07) is 0. The van der Waals surface area contributed by atoms with Gasteiger partial charge in [0, 0.05) is 0 Å². The summed E-state index contributed by atoms with van der Waals surface area (Å²) in [6.45, 7) is 3.76. The molecule has 2 saturated carbocycles. The lowest BCUT2D eigenvalue weighted by Crippen LogP contribution is -2.25. The van der Waals surface area contributed by atoms with Crippen molar-refractivity contribution in [3.8, 4) is 0 Å². The van der Waals surface area contributed by atoms with Crippen LogP contribution in [0.5, 0.6) is 0 Å². The summed E-state index contributed by atoms with van der Waals surface area (Å²) in [5.41, 5.74) is 0. The van der Waals surface area contributed by atoms with E-state index in [2.05, 4.69) is 6.58 Å². The van der Waals surface area contributed by atoms with Crippen LogP contribution in [-0.2, 0) is 4.79 Å². The molecule has 0 aromatic rings. The largest absolute Gasteiger partial charge is 0.481 e. The Labute approximate surface area is 72.3 Å². The number of allylic oxidation sites excluding steroid dienone is 1. The van der Waals surface area contributed by atoms with Crippen LogP contribution in [0, 0.1) is 23.7 Å². The lowest BCUT2D eigenvalue weighted by Gasteiger charge is -2.23. The number of hydrogen-bond acceptors (Lipinski definition) is 1. The summed E-state index contributed by atoms with van der Waals surface area (Å²) in [6.07, 6.45) is 5.15. The van der Waals surface area contributed by atoms with Crippen LogP contribution in [-0.4, -0.2) is 11.1 Å². The fourth-order valence-electron chi connectivity index (χ4n) is 2.96. The first-order valence-electron chi connectivity index (χ1n) is 4.57. The quantitative estimate of drug-likeness (QED) is 0.636. The van der Waals surface area contributed by atoms with Crippen LogP contribution in [0.4, 0.5) is 0 Å². The van der Waals surface area contributed by atoms with E-state index in [0.717, 1.165) is 12.8 Å². The van der Waals surface area contributed by atoms with Crippen molar-refractivity contribution in [2.45, 2.75) is 19.3 Å². The van der Waals surface area contributed by atoms with Gasteiger partial charge in [-0.2, -0.15) is 0 Å². The number of carbonyl (C=O) groups is 1. The third-order valence-electron chi connectivity index (χ3n) is 3.48. The van der Waals surface area contributed by atoms with E-state index in [4.69, 9.17) is 5.11 Å². The molecule has 0 amide bonds. The van der Waals surface area contributed by atoms with Crippen LogP contribution in [0.3, 0.4) is 0 Å². The van der Waals surface area contributed by atoms with E-state index in [1.165, 1.54) is 6.42 Å². The van der Waals surface area contributed by atoms with Crippen LogP contribution in [0.2, 0.25) is 0 Å². The molecule has 0 aromatic heterocycles. The number of hydrogen-bond donors (Lipinski definition) is 1. The molecular formula is C10H14O2. The van der Waals surface area contributed by atoms with Gasteiger partial charge in [-0.1, -0.05) is 6.08 Å². The van der Waals surface area contributed by atoms with Gasteiger partial charge < -0.3 is 5.11 Å². The Bertz CT molecular complexity index is 222. The minimum absolute atomic E-state index is 0.0771. The summed E-state index contributed by atoms with van der Waals surface area (Å²) in [5.74, 6) is 0.856. The fraction of sp³-hybridized carbons (Fsp3) is 0.700. The zero-order valence-corrected chi connectivity index (χ0v) is 7.07. The second-order valence-electron chi connectivity index (χ2n) is 4.08. The lowest BCUT2D eigenvalue weighted by molar-refractivity contribution is -0.143. The van der Waals surface area contributed by atoms with Crippen LogP contribution in [0.1, 0.15) is 19.3 Å². The number of carboxylic acid groups (broad SMARTS) is 1. The normalized spacial score (nSPS) is 44.7. The molecule has 2 bridgehead atoms. The monoisotopic (exact) mass is 166 g/mol. The summed E-state index contributed by atoms with van der Waals surface area (Å²) in [5, 5.41) is 8.91. The predicted octanol–water partition coefficient (Wildman–Crippen LogP) is 1.92. The van der Waals surface area contributed by atoms with Crippen molar-refractivity contribution in [2.75, 3.05) is 0 Å². The minimum atomic E-state index is -0.603. The molecule has 0 aromatic carbocycles. The van der Waals surface area contributed by atoms with E-state index in [-0.39, 0.29) is 5.92 Å². The molecule has 0 radical (unpaired) electrons. The van der Waals surface area contributed by atoms with Gasteiger partial charge in [0.2, 0.25) is 0 Å². The molecule has 0 aliphatic heterocycles. The number of rotatable bonds is 2. The van der Waals surface area contributed by atoms with Crippen molar-refractivity contribution in [2.24, 2.45) is 23.7 Å². The van der Waals surface area contributed by atoms with E-state index in [9.17, 15) is 4.79 Å². The number of fused-ring (bicyclic) bond motifs is 2. The van der Waals surface area contributed by atoms with Crippen molar-refractivity contribution in [1.82, 2.24) is 0 Å². The smallest absolute Gasteiger partial charge is 0.306 e. The fourth-order valence-corrected chi connectivity index (χ4v) is 2.96. The second-order valence-corrected chi connectivity index (χ2v) is 4.08. The lowest BCUT2D eigenvalue weighted by atomic mass is 9.81. The molecule has 2 heteroatoms. The Morgan fingerprint density at radius 3 is 2.67 bits per heavy atom. The van der Waals surface area contributed by atoms with Crippen LogP contribution in [0.15, 0.2) is 12.7 Å². The summed E-state index contributed by atoms with van der Waals surface area (Å²) >= 11 is 0. The molecule has 2 aliphatic carbocycles. The summed E-state index contributed by atoms with van der Waals surface area (Å²) in [4.78, 5) is 10.8. The Balaban J connectivity index is 2.14. The average Bonchev–Trinajstić information content (AvgIpc) is 2.60. The maximum atomic E-state index is 10.8. The van der Waals surface area contributed by atoms with Gasteiger partial charge in [0.05, 0.1) is 5.92 Å². The first-order chi connectivity index (χ1) is 5.72. The van der Waals surface area contributed by atoms with E-state index < -0.39 is 5.97 Å². The summed E-state index contributed by atoms with van der Waals surface area (Å²) < 4.78 is 0. The molecule has 2 fully saturated rings. The first kappa shape index (κ1) is 7.84. The molecule has 4 atom stereocenters. The topological polar surface area (TPSA) is 37.3 Å². The van der Waals surface area contributed by atoms with Gasteiger partial charge in [-0.3, -0.25) is 4.79 Å². The van der Waals surface area contributed by atoms with Crippen molar-refractivity contribution in [3.63, 3.8) is 0 Å². The standard InChI is InChI=1S/C10H14O2/c1-2-7-3-6-4-8(7)9(5-6)10(11)12/h2,6-9H,1,3-5H2,(H,11,12). The van der Waals surface area contributed by atoms with Gasteiger partial charge in [0.1, 0.15) is 0 Å². The van der Waals surface area contributed by atoms with Crippen LogP contribution >= 0.6 is 0 Å². The van der Waals surface area contributed by atoms with Crippen molar-refractivity contribution >= 4 is 5.97 Å². The third-order valence-corrected chi connectivity index (χ3v) is 3.48. The highest BCUT2D eigenvalue weighted by Crippen LogP contribution is 2.52. The second kappa shape index (κ2) is 2.61. The SMILES string of the molecule is C=CC1CC2CC(C(=O)O)C1C2. The van der Waals surface area contributed by atoms with E-state index in [1.54, 1.807) is 0 Å². The highest BCUT2D eigenvalue weighted by Gasteiger charge is 2.47. The van der Waals surface area contributed by atoms with Crippen LogP contribution in [0.25, 0.3) is 0 Å². The summed E-state index contributed by atoms with van der Waals surface area (Å²) in [7, 11) is 0. The minimum Gasteiger partial charge on any atom is -0.481 e. The zero-order valence-electron chi connectivity index (χ0n) is 7.07. The van der Waals surface area contributed by atoms with Crippen molar-refractivity contribution in [1.29, 1.82) is 0 Å². The van der Waals surface area contributed by atoms with Gasteiger partial charge in [0.15, 0.2) is 0 Å². The van der Waals surface area contributed by atoms with Gasteiger partial charge in [-0.25, -0.2) is 0 Å². The first-order valence-corrected chi connectivity index (χ1v) is 4.57. The number of aliphatic carboxylic acids is 1. The molecule has 0 spiro atoms. The molecule has 66 valence electrons. The highest BCUT2D eigenvalue weighted by atomic mass is 16.4. The van der Waals surface area contributed by atoms with Gasteiger partial charge in [-0.15, -0.1) is 6.58 Å². The molecule has 2 rings (SSSR count). The van der Waals surface area contributed by atoms with Gasteiger partial charge in [-0.05, 0) is 37.0 Å². The average molecular weight is 166 g/mol. The molecule has 0 heterocycles. The Hall–Kier alpha value is -0.790. The molecule has 1 N–H and O–H groups in total. The zero-order chi connectivity index (χ0) is 8.72. The molecule has 12 heavy (non-hydrogen) atoms. The molecular weight excluding hydrogens is 152 g/mol. The van der Waals surface area contributed by atoms with Crippen molar-refractivity contribution < 1.29 is 9.90 Å². The van der Waals surface area contributed by atoms with E-state index in [1.807, 2.05) is 6.08 Å². The number of carboxylic acids is 1. The molecule has 0 saturated heterocycles. The maximum Gasteiger partial charge on any atom is 0.306 e. The van der Waals surface area contributed by atoms with Gasteiger partial charge in [0.25, 0.3) is 0 Å². The Morgan fingerprint density at radius 1 is 1.42 bits per heavy atom. The molecule has 4 unspecified atom stereocenters.